The third-order valence-electron chi connectivity index (χ3n) is 2.18. The van der Waals surface area contributed by atoms with Gasteiger partial charge in [-0.3, -0.25) is 10.1 Å². The summed E-state index contributed by atoms with van der Waals surface area (Å²) in [6, 6.07) is 6.59. The SMILES string of the molecule is O=[N+]([O-])c1ccc(C=C2CNC2)cc1. The first-order valence-corrected chi connectivity index (χ1v) is 4.40. The first-order valence-electron chi connectivity index (χ1n) is 4.40. The molecule has 4 heteroatoms. The van der Waals surface area contributed by atoms with Gasteiger partial charge in [-0.2, -0.15) is 0 Å². The fourth-order valence-electron chi connectivity index (χ4n) is 1.30. The number of hydrogen-bond donors (Lipinski definition) is 1. The number of nitrogens with one attached hydrogen (secondary N) is 1. The highest BCUT2D eigenvalue weighted by Gasteiger charge is 2.07. The van der Waals surface area contributed by atoms with Crippen LogP contribution in [0.1, 0.15) is 5.56 Å². The van der Waals surface area contributed by atoms with Gasteiger partial charge in [-0.1, -0.05) is 6.08 Å². The second-order valence-electron chi connectivity index (χ2n) is 3.25. The molecule has 0 aromatic heterocycles. The topological polar surface area (TPSA) is 55.2 Å². The van der Waals surface area contributed by atoms with E-state index in [9.17, 15) is 10.1 Å². The van der Waals surface area contributed by atoms with Crippen LogP contribution in [0.4, 0.5) is 5.69 Å². The van der Waals surface area contributed by atoms with Crippen molar-refractivity contribution >= 4 is 11.8 Å². The Balaban J connectivity index is 2.17. The monoisotopic (exact) mass is 190 g/mol. The number of hydrogen-bond acceptors (Lipinski definition) is 3. The molecule has 0 unspecified atom stereocenters. The molecule has 14 heavy (non-hydrogen) atoms. The number of nitro groups is 1. The highest BCUT2D eigenvalue weighted by Crippen LogP contribution is 2.15. The molecule has 0 atom stereocenters. The fraction of sp³-hybridized carbons (Fsp3) is 0.200. The molecular formula is C10H10N2O2. The van der Waals surface area contributed by atoms with E-state index in [2.05, 4.69) is 11.4 Å². The van der Waals surface area contributed by atoms with Gasteiger partial charge < -0.3 is 5.32 Å². The largest absolute Gasteiger partial charge is 0.309 e. The third kappa shape index (κ3) is 1.80. The van der Waals surface area contributed by atoms with Gasteiger partial charge in [0.15, 0.2) is 0 Å². The minimum Gasteiger partial charge on any atom is -0.309 e. The van der Waals surface area contributed by atoms with Crippen LogP contribution in [-0.2, 0) is 0 Å². The molecule has 1 aromatic carbocycles. The first-order chi connectivity index (χ1) is 6.75. The van der Waals surface area contributed by atoms with Crippen LogP contribution in [0.3, 0.4) is 0 Å². The van der Waals surface area contributed by atoms with E-state index in [1.807, 2.05) is 0 Å². The molecule has 1 aliphatic rings. The van der Waals surface area contributed by atoms with Crippen molar-refractivity contribution in [3.63, 3.8) is 0 Å². The lowest BCUT2D eigenvalue weighted by Gasteiger charge is -2.18. The van der Waals surface area contributed by atoms with E-state index in [1.54, 1.807) is 12.1 Å². The Morgan fingerprint density at radius 3 is 2.36 bits per heavy atom. The summed E-state index contributed by atoms with van der Waals surface area (Å²) < 4.78 is 0. The summed E-state index contributed by atoms with van der Waals surface area (Å²) in [4.78, 5) is 9.99. The summed E-state index contributed by atoms with van der Waals surface area (Å²) in [6.07, 6.45) is 2.06. The maximum atomic E-state index is 10.4. The van der Waals surface area contributed by atoms with Crippen LogP contribution in [0.2, 0.25) is 0 Å². The van der Waals surface area contributed by atoms with Crippen molar-refractivity contribution in [1.82, 2.24) is 5.32 Å². The van der Waals surface area contributed by atoms with E-state index >= 15 is 0 Å². The molecule has 0 amide bonds. The van der Waals surface area contributed by atoms with E-state index in [0.29, 0.717) is 0 Å². The van der Waals surface area contributed by atoms with Gasteiger partial charge >= 0.3 is 0 Å². The predicted molar refractivity (Wildman–Crippen MR) is 53.9 cm³/mol. The lowest BCUT2D eigenvalue weighted by molar-refractivity contribution is -0.384. The van der Waals surface area contributed by atoms with Crippen molar-refractivity contribution in [2.45, 2.75) is 0 Å². The summed E-state index contributed by atoms with van der Waals surface area (Å²) in [5.74, 6) is 0. The van der Waals surface area contributed by atoms with E-state index in [4.69, 9.17) is 0 Å². The van der Waals surface area contributed by atoms with Crippen LogP contribution in [0.5, 0.6) is 0 Å². The number of benzene rings is 1. The van der Waals surface area contributed by atoms with Crippen molar-refractivity contribution in [2.24, 2.45) is 0 Å². The Labute approximate surface area is 81.4 Å². The summed E-state index contributed by atoms with van der Waals surface area (Å²) in [7, 11) is 0. The molecule has 0 bridgehead atoms. The standard InChI is InChI=1S/C10H10N2O2/c13-12(14)10-3-1-8(2-4-10)5-9-6-11-7-9/h1-5,11H,6-7H2. The molecule has 1 aliphatic heterocycles. The van der Waals surface area contributed by atoms with E-state index in [-0.39, 0.29) is 10.6 Å². The molecule has 0 aliphatic carbocycles. The molecule has 1 aromatic rings. The van der Waals surface area contributed by atoms with Gasteiger partial charge in [0.1, 0.15) is 0 Å². The molecule has 2 rings (SSSR count). The summed E-state index contributed by atoms with van der Waals surface area (Å²) in [6.45, 7) is 1.86. The average Bonchev–Trinajstić information content (AvgIpc) is 2.12. The van der Waals surface area contributed by atoms with Gasteiger partial charge in [0, 0.05) is 25.2 Å². The average molecular weight is 190 g/mol. The van der Waals surface area contributed by atoms with Crippen LogP contribution in [0, 0.1) is 10.1 Å². The predicted octanol–water partition coefficient (Wildman–Crippen LogP) is 1.58. The maximum absolute atomic E-state index is 10.4. The lowest BCUT2D eigenvalue weighted by Crippen LogP contribution is -2.33. The third-order valence-corrected chi connectivity index (χ3v) is 2.18. The molecular weight excluding hydrogens is 180 g/mol. The molecule has 4 nitrogen and oxygen atoms in total. The van der Waals surface area contributed by atoms with Crippen molar-refractivity contribution in [2.75, 3.05) is 13.1 Å². The number of nitro benzene ring substituents is 1. The Kier molecular flexibility index (Phi) is 2.28. The Bertz CT molecular complexity index is 376. The van der Waals surface area contributed by atoms with Gasteiger partial charge in [-0.25, -0.2) is 0 Å². The van der Waals surface area contributed by atoms with Crippen molar-refractivity contribution in [1.29, 1.82) is 0 Å². The smallest absolute Gasteiger partial charge is 0.269 e. The van der Waals surface area contributed by atoms with Crippen LogP contribution in [0.25, 0.3) is 6.08 Å². The molecule has 1 saturated heterocycles. The fourth-order valence-corrected chi connectivity index (χ4v) is 1.30. The lowest BCUT2D eigenvalue weighted by atomic mass is 10.1. The van der Waals surface area contributed by atoms with Crippen molar-refractivity contribution < 1.29 is 4.92 Å². The summed E-state index contributed by atoms with van der Waals surface area (Å²) >= 11 is 0. The van der Waals surface area contributed by atoms with Crippen molar-refractivity contribution in [3.8, 4) is 0 Å². The first kappa shape index (κ1) is 8.90. The zero-order valence-electron chi connectivity index (χ0n) is 7.56. The van der Waals surface area contributed by atoms with Crippen LogP contribution >= 0.6 is 0 Å². The molecule has 1 fully saturated rings. The summed E-state index contributed by atoms with van der Waals surface area (Å²) in [5, 5.41) is 13.5. The molecule has 72 valence electrons. The number of non-ortho nitro benzene ring substituents is 1. The van der Waals surface area contributed by atoms with E-state index < -0.39 is 0 Å². The number of nitrogens with zero attached hydrogens (tertiary/aromatic N) is 1. The normalized spacial score (nSPS) is 14.7. The molecule has 1 N–H and O–H groups in total. The minimum absolute atomic E-state index is 0.138. The Hall–Kier alpha value is -1.68. The Morgan fingerprint density at radius 2 is 1.93 bits per heavy atom. The second-order valence-corrected chi connectivity index (χ2v) is 3.25. The molecule has 0 saturated carbocycles. The quantitative estimate of drug-likeness (QED) is 0.569. The molecule has 0 radical (unpaired) electrons. The highest BCUT2D eigenvalue weighted by atomic mass is 16.6. The number of rotatable bonds is 2. The van der Waals surface area contributed by atoms with Crippen molar-refractivity contribution in [3.05, 3.63) is 45.5 Å². The zero-order valence-corrected chi connectivity index (χ0v) is 7.56. The minimum atomic E-state index is -0.387. The van der Waals surface area contributed by atoms with E-state index in [0.717, 1.165) is 18.7 Å². The second kappa shape index (κ2) is 3.59. The summed E-state index contributed by atoms with van der Waals surface area (Å²) in [5.41, 5.74) is 2.49. The van der Waals surface area contributed by atoms with Gasteiger partial charge in [0.05, 0.1) is 4.92 Å². The molecule has 1 heterocycles. The maximum Gasteiger partial charge on any atom is 0.269 e. The van der Waals surface area contributed by atoms with Crippen LogP contribution in [-0.4, -0.2) is 18.0 Å². The zero-order chi connectivity index (χ0) is 9.97. The molecule has 0 spiro atoms. The Morgan fingerprint density at radius 1 is 1.29 bits per heavy atom. The van der Waals surface area contributed by atoms with Crippen LogP contribution in [0.15, 0.2) is 29.8 Å². The highest BCUT2D eigenvalue weighted by molar-refractivity contribution is 5.56. The van der Waals surface area contributed by atoms with Gasteiger partial charge in [0.25, 0.3) is 5.69 Å². The van der Waals surface area contributed by atoms with Gasteiger partial charge in [-0.05, 0) is 23.3 Å². The van der Waals surface area contributed by atoms with E-state index in [1.165, 1.54) is 17.7 Å². The van der Waals surface area contributed by atoms with Crippen LogP contribution < -0.4 is 5.32 Å². The van der Waals surface area contributed by atoms with Gasteiger partial charge in [-0.15, -0.1) is 0 Å². The van der Waals surface area contributed by atoms with Gasteiger partial charge in [0.2, 0.25) is 0 Å².